The zero-order valence-electron chi connectivity index (χ0n) is 7.23. The maximum absolute atomic E-state index is 9.57. The number of carbonyl (C=O) groups is 1. The Morgan fingerprint density at radius 1 is 1.33 bits per heavy atom. The highest BCUT2D eigenvalue weighted by Gasteiger charge is 1.99. The molecule has 0 aliphatic heterocycles. The standard InChI is InChI=1S/C6H8.C3H7NO2/c1-2-4-6-5-3-1;1-2(4)3(5)6/h1-2,5-6H,3-4H2;2H,4H2,1H3,(H,5,6)/t;2-/m.0/s1. The number of hydrogen-bond donors (Lipinski definition) is 2. The molecule has 1 atom stereocenters. The quantitative estimate of drug-likeness (QED) is 0.582. The largest absolute Gasteiger partial charge is 0.480 e. The van der Waals surface area contributed by atoms with Gasteiger partial charge in [-0.1, -0.05) is 24.3 Å². The molecule has 0 saturated carbocycles. The summed E-state index contributed by atoms with van der Waals surface area (Å²) >= 11 is 0. The second kappa shape index (κ2) is 6.61. The molecular weight excluding hydrogens is 154 g/mol. The Kier molecular flexibility index (Phi) is 6.01. The topological polar surface area (TPSA) is 63.3 Å². The normalized spacial score (nSPS) is 16.2. The average molecular weight is 169 g/mol. The maximum atomic E-state index is 9.57. The monoisotopic (exact) mass is 169 g/mol. The van der Waals surface area contributed by atoms with Gasteiger partial charge in [0.15, 0.2) is 0 Å². The number of hydrogen-bond acceptors (Lipinski definition) is 2. The molecule has 0 aromatic heterocycles. The number of allylic oxidation sites excluding steroid dienone is 4. The van der Waals surface area contributed by atoms with Gasteiger partial charge in [-0.15, -0.1) is 0 Å². The Hall–Kier alpha value is -1.09. The summed E-state index contributed by atoms with van der Waals surface area (Å²) in [6.07, 6.45) is 11.0. The van der Waals surface area contributed by atoms with Crippen molar-refractivity contribution in [3.8, 4) is 0 Å². The van der Waals surface area contributed by atoms with Crippen molar-refractivity contribution in [1.29, 1.82) is 0 Å². The summed E-state index contributed by atoms with van der Waals surface area (Å²) < 4.78 is 0. The molecule has 12 heavy (non-hydrogen) atoms. The van der Waals surface area contributed by atoms with Crippen LogP contribution in [0.3, 0.4) is 0 Å². The smallest absolute Gasteiger partial charge is 0.320 e. The molecule has 0 radical (unpaired) electrons. The second-order valence-electron chi connectivity index (χ2n) is 2.54. The van der Waals surface area contributed by atoms with Gasteiger partial charge in [0.25, 0.3) is 0 Å². The van der Waals surface area contributed by atoms with Gasteiger partial charge in [-0.25, -0.2) is 0 Å². The van der Waals surface area contributed by atoms with Crippen LogP contribution in [0.15, 0.2) is 24.3 Å². The summed E-state index contributed by atoms with van der Waals surface area (Å²) in [6.45, 7) is 1.42. The van der Waals surface area contributed by atoms with Gasteiger partial charge < -0.3 is 10.8 Å². The molecule has 0 unspecified atom stereocenters. The van der Waals surface area contributed by atoms with Gasteiger partial charge in [0.2, 0.25) is 0 Å². The van der Waals surface area contributed by atoms with Crippen molar-refractivity contribution >= 4 is 5.97 Å². The van der Waals surface area contributed by atoms with Crippen LogP contribution in [0.2, 0.25) is 0 Å². The van der Waals surface area contributed by atoms with Gasteiger partial charge in [0.1, 0.15) is 6.04 Å². The average Bonchev–Trinajstić information content (AvgIpc) is 2.08. The molecule has 3 heteroatoms. The van der Waals surface area contributed by atoms with E-state index in [1.54, 1.807) is 0 Å². The zero-order valence-corrected chi connectivity index (χ0v) is 7.23. The molecule has 1 aliphatic carbocycles. The Morgan fingerprint density at radius 3 is 1.67 bits per heavy atom. The van der Waals surface area contributed by atoms with Crippen LogP contribution in [0.25, 0.3) is 0 Å². The summed E-state index contributed by atoms with van der Waals surface area (Å²) in [5, 5.41) is 7.87. The van der Waals surface area contributed by atoms with Crippen LogP contribution in [0.5, 0.6) is 0 Å². The van der Waals surface area contributed by atoms with Gasteiger partial charge in [0, 0.05) is 0 Å². The first-order chi connectivity index (χ1) is 5.64. The van der Waals surface area contributed by atoms with Gasteiger partial charge in [0.05, 0.1) is 0 Å². The fourth-order valence-corrected chi connectivity index (χ4v) is 0.542. The highest BCUT2D eigenvalue weighted by atomic mass is 16.4. The van der Waals surface area contributed by atoms with Crippen LogP contribution in [-0.2, 0) is 4.79 Å². The first kappa shape index (κ1) is 10.9. The van der Waals surface area contributed by atoms with Crippen molar-refractivity contribution in [2.75, 3.05) is 0 Å². The molecular formula is C9H15NO2. The van der Waals surface area contributed by atoms with E-state index < -0.39 is 12.0 Å². The highest BCUT2D eigenvalue weighted by Crippen LogP contribution is 1.97. The van der Waals surface area contributed by atoms with E-state index in [4.69, 9.17) is 10.8 Å². The van der Waals surface area contributed by atoms with E-state index in [0.29, 0.717) is 0 Å². The number of aliphatic carboxylic acids is 1. The molecule has 0 fully saturated rings. The molecule has 0 aromatic rings. The molecule has 0 amide bonds. The minimum Gasteiger partial charge on any atom is -0.480 e. The third-order valence-corrected chi connectivity index (χ3v) is 1.27. The summed E-state index contributed by atoms with van der Waals surface area (Å²) in [4.78, 5) is 9.57. The Balaban J connectivity index is 0.000000202. The van der Waals surface area contributed by atoms with Crippen molar-refractivity contribution in [3.63, 3.8) is 0 Å². The molecule has 0 heterocycles. The number of carboxylic acid groups (broad SMARTS) is 1. The van der Waals surface area contributed by atoms with Crippen LogP contribution in [0.4, 0.5) is 0 Å². The number of carboxylic acids is 1. The molecule has 3 nitrogen and oxygen atoms in total. The minimum absolute atomic E-state index is 0.731. The number of rotatable bonds is 1. The Morgan fingerprint density at radius 2 is 1.58 bits per heavy atom. The third kappa shape index (κ3) is 7.02. The minimum atomic E-state index is -0.963. The Labute approximate surface area is 72.6 Å². The van der Waals surface area contributed by atoms with E-state index in [1.807, 2.05) is 0 Å². The Bertz CT molecular complexity index is 163. The summed E-state index contributed by atoms with van der Waals surface area (Å²) in [5.74, 6) is -0.963. The van der Waals surface area contributed by atoms with E-state index >= 15 is 0 Å². The molecule has 0 saturated heterocycles. The fraction of sp³-hybridized carbons (Fsp3) is 0.444. The van der Waals surface area contributed by atoms with Crippen LogP contribution >= 0.6 is 0 Å². The first-order valence-electron chi connectivity index (χ1n) is 3.93. The lowest BCUT2D eigenvalue weighted by Crippen LogP contribution is -2.25. The third-order valence-electron chi connectivity index (χ3n) is 1.27. The molecule has 1 rings (SSSR count). The van der Waals surface area contributed by atoms with E-state index in [0.717, 1.165) is 12.8 Å². The van der Waals surface area contributed by atoms with Crippen molar-refractivity contribution in [3.05, 3.63) is 24.3 Å². The van der Waals surface area contributed by atoms with Crippen LogP contribution < -0.4 is 5.73 Å². The molecule has 68 valence electrons. The SMILES string of the molecule is C1=CCC=CC1.C[C@H](N)C(=O)O. The van der Waals surface area contributed by atoms with Crippen molar-refractivity contribution in [2.24, 2.45) is 5.73 Å². The van der Waals surface area contributed by atoms with Gasteiger partial charge in [-0.05, 0) is 19.8 Å². The summed E-state index contributed by atoms with van der Waals surface area (Å²) in [7, 11) is 0. The van der Waals surface area contributed by atoms with E-state index in [-0.39, 0.29) is 0 Å². The lowest BCUT2D eigenvalue weighted by molar-refractivity contribution is -0.138. The van der Waals surface area contributed by atoms with Crippen LogP contribution in [-0.4, -0.2) is 17.1 Å². The maximum Gasteiger partial charge on any atom is 0.320 e. The van der Waals surface area contributed by atoms with Gasteiger partial charge >= 0.3 is 5.97 Å². The lowest BCUT2D eigenvalue weighted by Gasteiger charge is -1.90. The van der Waals surface area contributed by atoms with E-state index in [2.05, 4.69) is 24.3 Å². The molecule has 0 spiro atoms. The highest BCUT2D eigenvalue weighted by molar-refractivity contribution is 5.72. The van der Waals surface area contributed by atoms with Crippen molar-refractivity contribution in [1.82, 2.24) is 0 Å². The fourth-order valence-electron chi connectivity index (χ4n) is 0.542. The zero-order chi connectivity index (χ0) is 9.40. The first-order valence-corrected chi connectivity index (χ1v) is 3.93. The molecule has 0 aromatic carbocycles. The molecule has 1 aliphatic rings. The lowest BCUT2D eigenvalue weighted by atomic mass is 10.2. The van der Waals surface area contributed by atoms with E-state index in [9.17, 15) is 4.79 Å². The van der Waals surface area contributed by atoms with Crippen molar-refractivity contribution < 1.29 is 9.90 Å². The molecule has 0 bridgehead atoms. The summed E-state index contributed by atoms with van der Waals surface area (Å²) in [6, 6.07) is -0.731. The predicted octanol–water partition coefficient (Wildman–Crippen LogP) is 1.31. The number of nitrogens with two attached hydrogens (primary N) is 1. The van der Waals surface area contributed by atoms with Crippen LogP contribution in [0, 0.1) is 0 Å². The van der Waals surface area contributed by atoms with Crippen molar-refractivity contribution in [2.45, 2.75) is 25.8 Å². The van der Waals surface area contributed by atoms with Crippen LogP contribution in [0.1, 0.15) is 19.8 Å². The predicted molar refractivity (Wildman–Crippen MR) is 48.8 cm³/mol. The molecule has 3 N–H and O–H groups in total. The van der Waals surface area contributed by atoms with E-state index in [1.165, 1.54) is 6.92 Å². The summed E-state index contributed by atoms with van der Waals surface area (Å²) in [5.41, 5.74) is 4.84. The van der Waals surface area contributed by atoms with Gasteiger partial charge in [-0.2, -0.15) is 0 Å². The second-order valence-corrected chi connectivity index (χ2v) is 2.54. The van der Waals surface area contributed by atoms with Gasteiger partial charge in [-0.3, -0.25) is 4.79 Å².